The molecular weight excluding hydrogens is 298 g/mol. The van der Waals surface area contributed by atoms with Gasteiger partial charge in [-0.05, 0) is 24.1 Å². The molecule has 2 N–H and O–H groups in total. The number of carbonyl (C=O) groups excluding carboxylic acids is 1. The molecule has 1 aromatic carbocycles. The number of carboxylic acid groups (broad SMARTS) is 1. The molecule has 1 atom stereocenters. The van der Waals surface area contributed by atoms with E-state index in [1.807, 2.05) is 0 Å². The van der Waals surface area contributed by atoms with Crippen molar-refractivity contribution in [1.82, 2.24) is 4.72 Å². The summed E-state index contributed by atoms with van der Waals surface area (Å²) in [5.74, 6) is -2.10. The molecule has 0 amide bonds. The Balaban J connectivity index is 2.80. The first-order valence-electron chi connectivity index (χ1n) is 6.19. The van der Waals surface area contributed by atoms with Gasteiger partial charge in [0.2, 0.25) is 10.0 Å². The molecule has 0 radical (unpaired) electrons. The fourth-order valence-corrected chi connectivity index (χ4v) is 3.06. The van der Waals surface area contributed by atoms with Crippen LogP contribution in [0.25, 0.3) is 0 Å². The predicted molar refractivity (Wildman–Crippen MR) is 75.3 cm³/mol. The monoisotopic (exact) mass is 315 g/mol. The highest BCUT2D eigenvalue weighted by Crippen LogP contribution is 2.09. The Morgan fingerprint density at radius 2 is 1.86 bits per heavy atom. The molecular formula is C13H17NO6S. The van der Waals surface area contributed by atoms with Crippen molar-refractivity contribution in [3.8, 4) is 0 Å². The summed E-state index contributed by atoms with van der Waals surface area (Å²) in [4.78, 5) is 22.1. The number of aliphatic carboxylic acids is 1. The number of sulfonamides is 1. The number of nitrogens with one attached hydrogen (secondary N) is 1. The van der Waals surface area contributed by atoms with E-state index < -0.39 is 28.0 Å². The lowest BCUT2D eigenvalue weighted by Crippen LogP contribution is -2.40. The number of ether oxygens (including phenoxy) is 1. The Morgan fingerprint density at radius 3 is 2.29 bits per heavy atom. The van der Waals surface area contributed by atoms with Crippen LogP contribution in [0.2, 0.25) is 0 Å². The van der Waals surface area contributed by atoms with E-state index in [2.05, 4.69) is 9.46 Å². The van der Waals surface area contributed by atoms with Crippen molar-refractivity contribution in [1.29, 1.82) is 0 Å². The van der Waals surface area contributed by atoms with Gasteiger partial charge in [0.15, 0.2) is 0 Å². The second kappa shape index (κ2) is 7.19. The third-order valence-electron chi connectivity index (χ3n) is 2.76. The summed E-state index contributed by atoms with van der Waals surface area (Å²) in [6.45, 7) is 1.58. The highest BCUT2D eigenvalue weighted by atomic mass is 32.2. The van der Waals surface area contributed by atoms with Gasteiger partial charge in [0.05, 0.1) is 18.4 Å². The summed E-state index contributed by atoms with van der Waals surface area (Å²) in [6, 6.07) is 4.71. The van der Waals surface area contributed by atoms with Crippen molar-refractivity contribution in [2.24, 2.45) is 0 Å². The van der Waals surface area contributed by atoms with Gasteiger partial charge < -0.3 is 9.84 Å². The van der Waals surface area contributed by atoms with Crippen LogP contribution in [0.1, 0.15) is 29.3 Å². The van der Waals surface area contributed by atoms with Crippen LogP contribution < -0.4 is 4.72 Å². The van der Waals surface area contributed by atoms with E-state index in [-0.39, 0.29) is 12.2 Å². The molecule has 1 rings (SSSR count). The van der Waals surface area contributed by atoms with Crippen molar-refractivity contribution in [3.63, 3.8) is 0 Å². The first kappa shape index (κ1) is 17.1. The van der Waals surface area contributed by atoms with Crippen molar-refractivity contribution in [3.05, 3.63) is 35.4 Å². The van der Waals surface area contributed by atoms with Crippen LogP contribution in [0.3, 0.4) is 0 Å². The highest BCUT2D eigenvalue weighted by molar-refractivity contribution is 7.88. The molecule has 21 heavy (non-hydrogen) atoms. The molecule has 0 heterocycles. The van der Waals surface area contributed by atoms with E-state index >= 15 is 0 Å². The van der Waals surface area contributed by atoms with E-state index in [1.165, 1.54) is 31.4 Å². The van der Waals surface area contributed by atoms with E-state index in [0.29, 0.717) is 11.1 Å². The Morgan fingerprint density at radius 1 is 1.29 bits per heavy atom. The molecule has 0 aliphatic heterocycles. The Kier molecular flexibility index (Phi) is 5.86. The second-order valence-corrected chi connectivity index (χ2v) is 6.12. The van der Waals surface area contributed by atoms with Gasteiger partial charge in [-0.1, -0.05) is 19.1 Å². The minimum absolute atomic E-state index is 0.149. The molecule has 0 fully saturated rings. The topological polar surface area (TPSA) is 110 Å². The van der Waals surface area contributed by atoms with Crippen LogP contribution in [0.4, 0.5) is 0 Å². The molecule has 0 bridgehead atoms. The molecule has 0 aliphatic rings. The minimum atomic E-state index is -3.78. The number of benzene rings is 1. The molecule has 0 unspecified atom stereocenters. The van der Waals surface area contributed by atoms with Crippen molar-refractivity contribution in [2.75, 3.05) is 7.11 Å². The number of carbonyl (C=O) groups is 2. The fourth-order valence-electron chi connectivity index (χ4n) is 1.64. The Labute approximate surface area is 123 Å². The minimum Gasteiger partial charge on any atom is -0.480 e. The van der Waals surface area contributed by atoms with E-state index in [1.54, 1.807) is 6.92 Å². The maximum Gasteiger partial charge on any atom is 0.337 e. The third kappa shape index (κ3) is 5.16. The van der Waals surface area contributed by atoms with Gasteiger partial charge in [-0.25, -0.2) is 17.9 Å². The maximum atomic E-state index is 11.9. The first-order valence-corrected chi connectivity index (χ1v) is 7.84. The summed E-state index contributed by atoms with van der Waals surface area (Å²) in [5.41, 5.74) is 0.749. The summed E-state index contributed by atoms with van der Waals surface area (Å²) < 4.78 is 30.4. The average Bonchev–Trinajstić information content (AvgIpc) is 2.44. The molecule has 0 aliphatic carbocycles. The van der Waals surface area contributed by atoms with Gasteiger partial charge in [0.25, 0.3) is 0 Å². The number of rotatable bonds is 7. The lowest BCUT2D eigenvalue weighted by molar-refractivity contribution is -0.139. The van der Waals surface area contributed by atoms with E-state index in [4.69, 9.17) is 5.11 Å². The zero-order valence-electron chi connectivity index (χ0n) is 11.7. The SMILES string of the molecule is CC[C@@H](NS(=O)(=O)Cc1ccc(C(=O)OC)cc1)C(=O)O. The maximum absolute atomic E-state index is 11.9. The Hall–Kier alpha value is -1.93. The van der Waals surface area contributed by atoms with Crippen LogP contribution in [-0.2, 0) is 25.3 Å². The standard InChI is InChI=1S/C13H17NO6S/c1-3-11(12(15)16)14-21(18,19)8-9-4-6-10(7-5-9)13(17)20-2/h4-7,11,14H,3,8H2,1-2H3,(H,15,16)/t11-/m1/s1. The van der Waals surface area contributed by atoms with Gasteiger partial charge >= 0.3 is 11.9 Å². The zero-order valence-corrected chi connectivity index (χ0v) is 12.5. The van der Waals surface area contributed by atoms with Gasteiger partial charge in [-0.3, -0.25) is 4.79 Å². The van der Waals surface area contributed by atoms with Crippen LogP contribution in [-0.4, -0.2) is 38.6 Å². The smallest absolute Gasteiger partial charge is 0.337 e. The number of hydrogen-bond acceptors (Lipinski definition) is 5. The van der Waals surface area contributed by atoms with Crippen molar-refractivity contribution in [2.45, 2.75) is 25.1 Å². The number of carboxylic acids is 1. The molecule has 1 aromatic rings. The first-order chi connectivity index (χ1) is 9.79. The summed E-state index contributed by atoms with van der Waals surface area (Å²) in [5, 5.41) is 8.85. The normalized spacial score (nSPS) is 12.7. The molecule has 116 valence electrons. The van der Waals surface area contributed by atoms with Crippen LogP contribution in [0, 0.1) is 0 Å². The molecule has 8 heteroatoms. The average molecular weight is 315 g/mol. The summed E-state index contributed by atoms with van der Waals surface area (Å²) in [6.07, 6.45) is 0.149. The highest BCUT2D eigenvalue weighted by Gasteiger charge is 2.22. The number of methoxy groups -OCH3 is 1. The summed E-state index contributed by atoms with van der Waals surface area (Å²) >= 11 is 0. The predicted octanol–water partition coefficient (Wildman–Crippen LogP) is 0.756. The van der Waals surface area contributed by atoms with Gasteiger partial charge in [-0.15, -0.1) is 0 Å². The van der Waals surface area contributed by atoms with Gasteiger partial charge in [0.1, 0.15) is 6.04 Å². The molecule has 0 saturated heterocycles. The van der Waals surface area contributed by atoms with Crippen LogP contribution >= 0.6 is 0 Å². The van der Waals surface area contributed by atoms with Crippen molar-refractivity contribution >= 4 is 22.0 Å². The zero-order chi connectivity index (χ0) is 16.0. The quantitative estimate of drug-likeness (QED) is 0.719. The van der Waals surface area contributed by atoms with Crippen LogP contribution in [0.5, 0.6) is 0 Å². The number of hydrogen-bond donors (Lipinski definition) is 2. The largest absolute Gasteiger partial charge is 0.480 e. The molecule has 7 nitrogen and oxygen atoms in total. The fraction of sp³-hybridized carbons (Fsp3) is 0.385. The lowest BCUT2D eigenvalue weighted by atomic mass is 10.1. The lowest BCUT2D eigenvalue weighted by Gasteiger charge is -2.12. The Bertz CT molecular complexity index is 608. The molecule has 0 spiro atoms. The van der Waals surface area contributed by atoms with Crippen LogP contribution in [0.15, 0.2) is 24.3 Å². The van der Waals surface area contributed by atoms with Gasteiger partial charge in [0, 0.05) is 0 Å². The van der Waals surface area contributed by atoms with E-state index in [0.717, 1.165) is 0 Å². The molecule has 0 aromatic heterocycles. The summed E-state index contributed by atoms with van der Waals surface area (Å²) in [7, 11) is -2.53. The van der Waals surface area contributed by atoms with Crippen molar-refractivity contribution < 1.29 is 27.9 Å². The molecule has 0 saturated carbocycles. The second-order valence-electron chi connectivity index (χ2n) is 4.36. The number of esters is 1. The van der Waals surface area contributed by atoms with E-state index in [9.17, 15) is 18.0 Å². The van der Waals surface area contributed by atoms with Gasteiger partial charge in [-0.2, -0.15) is 0 Å². The third-order valence-corrected chi connectivity index (χ3v) is 4.12.